The third-order valence-electron chi connectivity index (χ3n) is 12.5. The summed E-state index contributed by atoms with van der Waals surface area (Å²) in [7, 11) is 0. The average molecular weight is 751 g/mol. The van der Waals surface area contributed by atoms with Crippen molar-refractivity contribution in [2.75, 3.05) is 4.90 Å². The van der Waals surface area contributed by atoms with Crippen LogP contribution in [0.15, 0.2) is 211 Å². The Bertz CT molecular complexity index is 3650. The van der Waals surface area contributed by atoms with Crippen LogP contribution in [0.4, 0.5) is 17.1 Å². The molecule has 0 unspecified atom stereocenters. The maximum absolute atomic E-state index is 6.81. The minimum atomic E-state index is 0.861. The number of hydrogen-bond donors (Lipinski definition) is 0. The van der Waals surface area contributed by atoms with Crippen molar-refractivity contribution in [3.8, 4) is 39.1 Å². The maximum Gasteiger partial charge on any atom is 0.159 e. The molecule has 0 fully saturated rings. The molecular formula is C56H34N2O. The molecule has 0 aliphatic heterocycles. The Balaban J connectivity index is 1.12. The van der Waals surface area contributed by atoms with Crippen LogP contribution in [0.1, 0.15) is 0 Å². The minimum Gasteiger partial charge on any atom is -0.454 e. The fourth-order valence-corrected chi connectivity index (χ4v) is 10.0. The number of furan rings is 1. The van der Waals surface area contributed by atoms with Crippen LogP contribution < -0.4 is 4.90 Å². The first-order chi connectivity index (χ1) is 29.3. The van der Waals surface area contributed by atoms with Crippen LogP contribution in [0.3, 0.4) is 0 Å². The van der Waals surface area contributed by atoms with Crippen LogP contribution >= 0.6 is 0 Å². The molecule has 1 aliphatic carbocycles. The molecule has 0 N–H and O–H groups in total. The van der Waals surface area contributed by atoms with Gasteiger partial charge in [-0.15, -0.1) is 0 Å². The number of benzene rings is 10. The molecular weight excluding hydrogens is 717 g/mol. The molecule has 0 saturated carbocycles. The fraction of sp³-hybridized carbons (Fsp3) is 0. The smallest absolute Gasteiger partial charge is 0.159 e. The van der Waals surface area contributed by atoms with E-state index < -0.39 is 0 Å². The summed E-state index contributed by atoms with van der Waals surface area (Å²) in [6, 6.07) is 75.0. The Morgan fingerprint density at radius 3 is 1.93 bits per heavy atom. The quantitative estimate of drug-likeness (QED) is 0.175. The highest BCUT2D eigenvalue weighted by Crippen LogP contribution is 2.52. The normalized spacial score (nSPS) is 12.1. The number of aromatic nitrogens is 1. The Hall–Kier alpha value is -7.88. The van der Waals surface area contributed by atoms with Crippen LogP contribution in [-0.4, -0.2) is 4.57 Å². The first-order valence-electron chi connectivity index (χ1n) is 20.3. The van der Waals surface area contributed by atoms with Crippen LogP contribution in [0.2, 0.25) is 0 Å². The van der Waals surface area contributed by atoms with Crippen molar-refractivity contribution in [2.24, 2.45) is 0 Å². The van der Waals surface area contributed by atoms with Crippen molar-refractivity contribution in [1.29, 1.82) is 0 Å². The Morgan fingerprint density at radius 2 is 1.05 bits per heavy atom. The second-order valence-electron chi connectivity index (χ2n) is 15.6. The lowest BCUT2D eigenvalue weighted by Crippen LogP contribution is -2.12. The Kier molecular flexibility index (Phi) is 6.72. The van der Waals surface area contributed by atoms with E-state index in [0.29, 0.717) is 0 Å². The lowest BCUT2D eigenvalue weighted by molar-refractivity contribution is 0.669. The molecule has 59 heavy (non-hydrogen) atoms. The SMILES string of the molecule is c1ccc(-c2cc(N(c3ccc4c5c(cccc35)-c3ccccc3-4)c3cccc4c3oc3ccccc34)ccc2-n2c3ccccc3c3c4ccccc4ccc32)cc1. The van der Waals surface area contributed by atoms with Crippen LogP contribution in [0, 0.1) is 0 Å². The number of rotatable bonds is 5. The molecule has 0 atom stereocenters. The van der Waals surface area contributed by atoms with Gasteiger partial charge in [0.25, 0.3) is 0 Å². The van der Waals surface area contributed by atoms with Gasteiger partial charge < -0.3 is 13.9 Å². The predicted octanol–water partition coefficient (Wildman–Crippen LogP) is 15.8. The van der Waals surface area contributed by atoms with E-state index in [1.54, 1.807) is 0 Å². The zero-order valence-electron chi connectivity index (χ0n) is 31.9. The number of fused-ring (bicyclic) bond motifs is 11. The number of hydrogen-bond acceptors (Lipinski definition) is 2. The van der Waals surface area contributed by atoms with E-state index in [-0.39, 0.29) is 0 Å². The molecule has 12 aromatic rings. The third kappa shape index (κ3) is 4.58. The van der Waals surface area contributed by atoms with Gasteiger partial charge in [0.1, 0.15) is 5.58 Å². The first-order valence-corrected chi connectivity index (χ1v) is 20.3. The third-order valence-corrected chi connectivity index (χ3v) is 12.5. The molecule has 13 rings (SSSR count). The summed E-state index contributed by atoms with van der Waals surface area (Å²) in [5, 5.41) is 9.71. The van der Waals surface area contributed by atoms with E-state index in [1.165, 1.54) is 65.6 Å². The monoisotopic (exact) mass is 750 g/mol. The Morgan fingerprint density at radius 1 is 0.373 bits per heavy atom. The van der Waals surface area contributed by atoms with E-state index >= 15 is 0 Å². The molecule has 274 valence electrons. The van der Waals surface area contributed by atoms with Gasteiger partial charge in [-0.3, -0.25) is 0 Å². The summed E-state index contributed by atoms with van der Waals surface area (Å²) in [6.45, 7) is 0. The second-order valence-corrected chi connectivity index (χ2v) is 15.6. The van der Waals surface area contributed by atoms with E-state index in [2.05, 4.69) is 210 Å². The highest BCUT2D eigenvalue weighted by molar-refractivity contribution is 6.22. The van der Waals surface area contributed by atoms with Crippen molar-refractivity contribution in [3.05, 3.63) is 206 Å². The molecule has 3 nitrogen and oxygen atoms in total. The molecule has 0 amide bonds. The summed E-state index contributed by atoms with van der Waals surface area (Å²) in [4.78, 5) is 2.42. The van der Waals surface area contributed by atoms with Crippen LogP contribution in [-0.2, 0) is 0 Å². The highest BCUT2D eigenvalue weighted by Gasteiger charge is 2.27. The van der Waals surface area contributed by atoms with Gasteiger partial charge in [-0.1, -0.05) is 158 Å². The zero-order chi connectivity index (χ0) is 38.6. The molecule has 0 bridgehead atoms. The van der Waals surface area contributed by atoms with Gasteiger partial charge in [0.2, 0.25) is 0 Å². The van der Waals surface area contributed by atoms with E-state index in [9.17, 15) is 0 Å². The van der Waals surface area contributed by atoms with Crippen LogP contribution in [0.25, 0.3) is 104 Å². The summed E-state index contributed by atoms with van der Waals surface area (Å²) in [6.07, 6.45) is 0. The summed E-state index contributed by atoms with van der Waals surface area (Å²) < 4.78 is 9.28. The van der Waals surface area contributed by atoms with Crippen molar-refractivity contribution in [3.63, 3.8) is 0 Å². The number of para-hydroxylation sites is 3. The lowest BCUT2D eigenvalue weighted by Gasteiger charge is -2.28. The molecule has 2 aromatic heterocycles. The van der Waals surface area contributed by atoms with Gasteiger partial charge in [0.05, 0.1) is 28.1 Å². The standard InChI is InChI=1S/C56H34N2O/c1-2-14-35(15-3-1)47-34-37(29-32-50(47)58-48-25-10-8-21-46(48)55-38-17-5-4-16-36(38)28-31-51(55)58)57(52-26-13-23-44-41-20-9-11-27-53(41)59-56(44)52)49-33-30-43-40-19-7-6-18-39(40)42-22-12-24-45(49)54(42)43/h1-34H. The van der Waals surface area contributed by atoms with Gasteiger partial charge in [0.15, 0.2) is 5.58 Å². The van der Waals surface area contributed by atoms with E-state index in [1.807, 2.05) is 6.07 Å². The second kappa shape index (κ2) is 12.3. The van der Waals surface area contributed by atoms with Crippen molar-refractivity contribution in [2.45, 2.75) is 0 Å². The number of anilines is 3. The molecule has 3 heteroatoms. The molecule has 1 aliphatic rings. The Labute approximate surface area is 340 Å². The molecule has 0 spiro atoms. The first kappa shape index (κ1) is 32.2. The topological polar surface area (TPSA) is 21.3 Å². The molecule has 0 saturated heterocycles. The van der Waals surface area contributed by atoms with E-state index in [0.717, 1.165) is 55.8 Å². The molecule has 10 aromatic carbocycles. The van der Waals surface area contributed by atoms with Gasteiger partial charge in [-0.05, 0) is 92.5 Å². The van der Waals surface area contributed by atoms with Crippen LogP contribution in [0.5, 0.6) is 0 Å². The zero-order valence-corrected chi connectivity index (χ0v) is 31.9. The van der Waals surface area contributed by atoms with E-state index in [4.69, 9.17) is 4.42 Å². The van der Waals surface area contributed by atoms with Crippen molar-refractivity contribution >= 4 is 82.4 Å². The van der Waals surface area contributed by atoms with Gasteiger partial charge >= 0.3 is 0 Å². The highest BCUT2D eigenvalue weighted by atomic mass is 16.3. The van der Waals surface area contributed by atoms with Crippen molar-refractivity contribution in [1.82, 2.24) is 4.57 Å². The maximum atomic E-state index is 6.81. The van der Waals surface area contributed by atoms with Crippen molar-refractivity contribution < 1.29 is 4.42 Å². The number of nitrogens with zero attached hydrogens (tertiary/aromatic N) is 2. The average Bonchev–Trinajstić information content (AvgIpc) is 3.97. The summed E-state index contributed by atoms with van der Waals surface area (Å²) in [5.41, 5.74) is 15.8. The lowest BCUT2D eigenvalue weighted by atomic mass is 9.98. The summed E-state index contributed by atoms with van der Waals surface area (Å²) >= 11 is 0. The molecule has 0 radical (unpaired) electrons. The summed E-state index contributed by atoms with van der Waals surface area (Å²) in [5.74, 6) is 0. The fourth-order valence-electron chi connectivity index (χ4n) is 10.0. The molecule has 2 heterocycles. The predicted molar refractivity (Wildman–Crippen MR) is 248 cm³/mol. The van der Waals surface area contributed by atoms with Gasteiger partial charge in [0, 0.05) is 38.2 Å². The minimum absolute atomic E-state index is 0.861. The van der Waals surface area contributed by atoms with Gasteiger partial charge in [-0.2, -0.15) is 0 Å². The largest absolute Gasteiger partial charge is 0.454 e. The van der Waals surface area contributed by atoms with Gasteiger partial charge in [-0.25, -0.2) is 0 Å².